The van der Waals surface area contributed by atoms with Crippen molar-refractivity contribution in [3.63, 3.8) is 0 Å². The quantitative estimate of drug-likeness (QED) is 0.0396. The summed E-state index contributed by atoms with van der Waals surface area (Å²) >= 11 is 3.01. The number of carbonyl (C=O) groups is 4. The number of benzene rings is 4. The maximum absolute atomic E-state index is 13.9. The Bertz CT molecular complexity index is 2700. The molecule has 4 aromatic carbocycles. The first kappa shape index (κ1) is 50.7. The van der Waals surface area contributed by atoms with Crippen LogP contribution in [0.2, 0.25) is 0 Å². The van der Waals surface area contributed by atoms with Crippen LogP contribution in [-0.4, -0.2) is 122 Å². The molecule has 17 heteroatoms. The number of phenolic OH excluding ortho intramolecular Hbond substituents is 1. The van der Waals surface area contributed by atoms with Gasteiger partial charge in [0.15, 0.2) is 5.78 Å². The summed E-state index contributed by atoms with van der Waals surface area (Å²) < 4.78 is 28.7. The zero-order chi connectivity index (χ0) is 49.1. The molecular formula is C52H58N4O11S2. The lowest BCUT2D eigenvalue weighted by Gasteiger charge is -2.35. The lowest BCUT2D eigenvalue weighted by atomic mass is 9.85. The molecule has 3 heterocycles. The molecule has 1 saturated heterocycles. The van der Waals surface area contributed by atoms with Gasteiger partial charge in [0.25, 0.3) is 0 Å². The molecule has 0 saturated carbocycles. The van der Waals surface area contributed by atoms with Crippen molar-refractivity contribution in [3.05, 3.63) is 119 Å². The molecule has 0 radical (unpaired) electrons. The number of aromatic hydroxyl groups is 1. The summed E-state index contributed by atoms with van der Waals surface area (Å²) in [6.07, 6.45) is -0.793. The van der Waals surface area contributed by atoms with Crippen molar-refractivity contribution in [1.82, 2.24) is 20.5 Å². The first-order valence-electron chi connectivity index (χ1n) is 22.7. The number of ketones is 1. The molecular weight excluding hydrogens is 921 g/mol. The fourth-order valence-electron chi connectivity index (χ4n) is 7.91. The van der Waals surface area contributed by atoms with Crippen LogP contribution in [0.15, 0.2) is 96.5 Å². The van der Waals surface area contributed by atoms with Gasteiger partial charge in [0, 0.05) is 45.6 Å². The van der Waals surface area contributed by atoms with Crippen LogP contribution in [0.1, 0.15) is 54.4 Å². The van der Waals surface area contributed by atoms with E-state index in [1.54, 1.807) is 60.9 Å². The van der Waals surface area contributed by atoms with Crippen molar-refractivity contribution in [2.24, 2.45) is 5.41 Å². The van der Waals surface area contributed by atoms with Gasteiger partial charge in [-0.3, -0.25) is 19.2 Å². The molecule has 6 aromatic rings. The first-order chi connectivity index (χ1) is 33.2. The molecule has 3 amide bonds. The molecule has 1 aliphatic rings. The number of nitrogens with one attached hydrogen (secondary N) is 2. The highest BCUT2D eigenvalue weighted by Crippen LogP contribution is 2.42. The van der Waals surface area contributed by atoms with E-state index >= 15 is 0 Å². The third-order valence-electron chi connectivity index (χ3n) is 11.6. The maximum atomic E-state index is 13.9. The molecule has 3 atom stereocenters. The SMILES string of the molecule is COc1ccc(-c2sc3cc(O)ccc3c2C(=O)c2ccc(OCCOCCOCCOCC(=O)NC(C(=O)N3C[C@H](O)C[C@H]3C(=O)NCc3ccc(-c4scnc4C)cc3)C(C)(C)C)cc2)cc1. The Morgan fingerprint density at radius 3 is 2.12 bits per heavy atom. The standard InChI is InChI=1S/C52H58N4O11S2/c1-32-47(68-31-54-32)35-8-6-33(7-9-35)28-53-50(61)42-26-38(58)29-56(42)51(62)49(52(2,3)4)55-44(59)30-66-23-22-64-20-21-65-24-25-67-40-17-10-34(11-18-40)46(60)45-41-19-14-37(57)27-43(41)69-48(45)36-12-15-39(63-5)16-13-36/h6-19,27,31,38,42,49,57-58H,20-26,28-30H2,1-5H3,(H,53,61)(H,55,59)/t38-,42+,49?/m1/s1. The zero-order valence-corrected chi connectivity index (χ0v) is 41.0. The molecule has 1 aliphatic heterocycles. The van der Waals surface area contributed by atoms with Gasteiger partial charge >= 0.3 is 0 Å². The van der Waals surface area contributed by atoms with Crippen molar-refractivity contribution in [1.29, 1.82) is 0 Å². The number of nitrogens with zero attached hydrogens (tertiary/aromatic N) is 2. The van der Waals surface area contributed by atoms with Crippen LogP contribution in [0.5, 0.6) is 17.2 Å². The van der Waals surface area contributed by atoms with E-state index in [9.17, 15) is 29.4 Å². The van der Waals surface area contributed by atoms with Crippen LogP contribution in [0.4, 0.5) is 0 Å². The second-order valence-corrected chi connectivity index (χ2v) is 19.5. The minimum atomic E-state index is -0.979. The summed E-state index contributed by atoms with van der Waals surface area (Å²) in [6.45, 7) is 8.86. The average molecular weight is 979 g/mol. The van der Waals surface area contributed by atoms with Crippen LogP contribution in [-0.2, 0) is 35.1 Å². The van der Waals surface area contributed by atoms with Crippen LogP contribution >= 0.6 is 22.7 Å². The number of β-amino-alcohol motifs (C(OH)–C–C–N with tert-alkyl or cyclic N) is 1. The Morgan fingerprint density at radius 1 is 0.826 bits per heavy atom. The number of thiazole rings is 1. The van der Waals surface area contributed by atoms with Gasteiger partial charge in [0.1, 0.15) is 42.5 Å². The molecule has 69 heavy (non-hydrogen) atoms. The molecule has 15 nitrogen and oxygen atoms in total. The summed E-state index contributed by atoms with van der Waals surface area (Å²) in [5.74, 6) is -0.0487. The Kier molecular flexibility index (Phi) is 17.2. The summed E-state index contributed by atoms with van der Waals surface area (Å²) in [4.78, 5) is 61.9. The number of aliphatic hydroxyl groups is 1. The van der Waals surface area contributed by atoms with Crippen molar-refractivity contribution in [3.8, 4) is 38.1 Å². The fraction of sp³-hybridized carbons (Fsp3) is 0.365. The van der Waals surface area contributed by atoms with E-state index in [1.165, 1.54) is 16.2 Å². The van der Waals surface area contributed by atoms with E-state index in [1.807, 2.05) is 81.7 Å². The number of hydrogen-bond donors (Lipinski definition) is 4. The topological polar surface area (TPSA) is 195 Å². The maximum Gasteiger partial charge on any atom is 0.246 e. The van der Waals surface area contributed by atoms with Gasteiger partial charge in [-0.05, 0) is 95.8 Å². The number of amides is 3. The first-order valence-corrected chi connectivity index (χ1v) is 24.4. The highest BCUT2D eigenvalue weighted by Gasteiger charge is 2.44. The smallest absolute Gasteiger partial charge is 0.246 e. The third kappa shape index (κ3) is 13.1. The molecule has 7 rings (SSSR count). The highest BCUT2D eigenvalue weighted by atomic mass is 32.1. The molecule has 1 unspecified atom stereocenters. The number of carbonyl (C=O) groups excluding carboxylic acids is 4. The van der Waals surface area contributed by atoms with Crippen molar-refractivity contribution in [2.75, 3.05) is 59.9 Å². The van der Waals surface area contributed by atoms with Crippen LogP contribution in [0, 0.1) is 12.3 Å². The zero-order valence-electron chi connectivity index (χ0n) is 39.3. The van der Waals surface area contributed by atoms with Crippen molar-refractivity contribution >= 4 is 56.3 Å². The van der Waals surface area contributed by atoms with Crippen LogP contribution < -0.4 is 20.1 Å². The van der Waals surface area contributed by atoms with E-state index in [-0.39, 0.29) is 70.0 Å². The predicted molar refractivity (Wildman–Crippen MR) is 265 cm³/mol. The number of aliphatic hydroxyl groups excluding tert-OH is 1. The number of phenols is 1. The highest BCUT2D eigenvalue weighted by molar-refractivity contribution is 7.22. The molecule has 0 aliphatic carbocycles. The van der Waals surface area contributed by atoms with Gasteiger partial charge in [0.2, 0.25) is 17.7 Å². The summed E-state index contributed by atoms with van der Waals surface area (Å²) in [6, 6.07) is 25.5. The summed E-state index contributed by atoms with van der Waals surface area (Å²) in [5.41, 5.74) is 5.92. The average Bonchev–Trinajstić information content (AvgIpc) is 4.07. The number of fused-ring (bicyclic) bond motifs is 1. The molecule has 2 aromatic heterocycles. The number of likely N-dealkylation sites (tertiary alicyclic amines) is 1. The predicted octanol–water partition coefficient (Wildman–Crippen LogP) is 7.18. The van der Waals surface area contributed by atoms with Gasteiger partial charge in [-0.25, -0.2) is 4.98 Å². The minimum absolute atomic E-state index is 0.0263. The van der Waals surface area contributed by atoms with Gasteiger partial charge in [-0.1, -0.05) is 45.0 Å². The number of aromatic nitrogens is 1. The van der Waals surface area contributed by atoms with E-state index in [2.05, 4.69) is 15.6 Å². The monoisotopic (exact) mass is 978 g/mol. The van der Waals surface area contributed by atoms with Crippen LogP contribution in [0.25, 0.3) is 31.0 Å². The number of ether oxygens (including phenoxy) is 5. The second kappa shape index (κ2) is 23.4. The van der Waals surface area contributed by atoms with Crippen molar-refractivity contribution < 1.29 is 53.1 Å². The van der Waals surface area contributed by atoms with Gasteiger partial charge in [-0.15, -0.1) is 22.7 Å². The molecule has 1 fully saturated rings. The van der Waals surface area contributed by atoms with E-state index in [0.717, 1.165) is 42.2 Å². The Labute approximate surface area is 409 Å². The van der Waals surface area contributed by atoms with E-state index in [4.69, 9.17) is 23.7 Å². The van der Waals surface area contributed by atoms with Crippen LogP contribution in [0.3, 0.4) is 0 Å². The largest absolute Gasteiger partial charge is 0.508 e. The normalized spacial score (nSPS) is 15.2. The lowest BCUT2D eigenvalue weighted by molar-refractivity contribution is -0.144. The summed E-state index contributed by atoms with van der Waals surface area (Å²) in [7, 11) is 1.60. The molecule has 4 N–H and O–H groups in total. The van der Waals surface area contributed by atoms with Gasteiger partial charge < -0.3 is 49.4 Å². The number of thiophene rings is 1. The Hall–Kier alpha value is -6.21. The Balaban J connectivity index is 0.783. The van der Waals surface area contributed by atoms with E-state index in [0.29, 0.717) is 35.8 Å². The van der Waals surface area contributed by atoms with Gasteiger partial charge in [0.05, 0.1) is 62.3 Å². The minimum Gasteiger partial charge on any atom is -0.508 e. The van der Waals surface area contributed by atoms with E-state index < -0.39 is 35.4 Å². The number of rotatable bonds is 22. The fourth-order valence-corrected chi connectivity index (χ4v) is 9.96. The second-order valence-electron chi connectivity index (χ2n) is 17.6. The number of methoxy groups -OCH3 is 1. The molecule has 364 valence electrons. The molecule has 0 spiro atoms. The number of aryl methyl sites for hydroxylation is 1. The summed E-state index contributed by atoms with van der Waals surface area (Å²) in [5, 5.41) is 27.1. The molecule has 0 bridgehead atoms. The van der Waals surface area contributed by atoms with Gasteiger partial charge in [-0.2, -0.15) is 0 Å². The number of hydrogen-bond acceptors (Lipinski definition) is 14. The Morgan fingerprint density at radius 2 is 1.46 bits per heavy atom. The lowest BCUT2D eigenvalue weighted by Crippen LogP contribution is -2.58. The van der Waals surface area contributed by atoms with Crippen molar-refractivity contribution in [2.45, 2.75) is 58.8 Å². The third-order valence-corrected chi connectivity index (χ3v) is 13.7.